The normalized spacial score (nSPS) is 17.8. The van der Waals surface area contributed by atoms with Crippen LogP contribution in [0.1, 0.15) is 6.42 Å². The average molecular weight is 178 g/mol. The van der Waals surface area contributed by atoms with Crippen molar-refractivity contribution < 1.29 is 0 Å². The number of aromatic nitrogens is 3. The van der Waals surface area contributed by atoms with Crippen LogP contribution >= 0.6 is 0 Å². The first kappa shape index (κ1) is 8.44. The molecule has 0 atom stereocenters. The minimum absolute atomic E-state index is 0.890. The van der Waals surface area contributed by atoms with E-state index in [9.17, 15) is 0 Å². The second-order valence-corrected chi connectivity index (χ2v) is 3.19. The fourth-order valence-electron chi connectivity index (χ4n) is 1.48. The van der Waals surface area contributed by atoms with Crippen molar-refractivity contribution in [1.29, 1.82) is 0 Å². The molecule has 0 bridgehead atoms. The molecule has 0 radical (unpaired) electrons. The van der Waals surface area contributed by atoms with Gasteiger partial charge in [-0.2, -0.15) is 15.0 Å². The first-order chi connectivity index (χ1) is 6.45. The van der Waals surface area contributed by atoms with E-state index in [1.807, 2.05) is 0 Å². The highest BCUT2D eigenvalue weighted by Crippen LogP contribution is 2.00. The van der Waals surface area contributed by atoms with Gasteiger partial charge in [0, 0.05) is 19.6 Å². The molecule has 0 amide bonds. The summed E-state index contributed by atoms with van der Waals surface area (Å²) in [6, 6.07) is 0. The van der Waals surface area contributed by atoms with Gasteiger partial charge < -0.3 is 0 Å². The van der Waals surface area contributed by atoms with Gasteiger partial charge in [0.2, 0.25) is 0 Å². The molecular formula is C9H14N4. The highest BCUT2D eigenvalue weighted by molar-refractivity contribution is 4.90. The summed E-state index contributed by atoms with van der Waals surface area (Å²) in [5.41, 5.74) is 0. The van der Waals surface area contributed by atoms with Gasteiger partial charge in [0.25, 0.3) is 0 Å². The summed E-state index contributed by atoms with van der Waals surface area (Å²) >= 11 is 0. The smallest absolute Gasteiger partial charge is 0.0734 e. The maximum Gasteiger partial charge on any atom is 0.0734 e. The minimum Gasteiger partial charge on any atom is -0.297 e. The van der Waals surface area contributed by atoms with Gasteiger partial charge in [-0.1, -0.05) is 12.2 Å². The van der Waals surface area contributed by atoms with Gasteiger partial charge >= 0.3 is 0 Å². The second kappa shape index (κ2) is 4.18. The molecule has 0 saturated carbocycles. The lowest BCUT2D eigenvalue weighted by Crippen LogP contribution is -2.31. The zero-order valence-electron chi connectivity index (χ0n) is 7.63. The van der Waals surface area contributed by atoms with Gasteiger partial charge in [0.15, 0.2) is 0 Å². The Balaban J connectivity index is 1.76. The van der Waals surface area contributed by atoms with Crippen molar-refractivity contribution in [1.82, 2.24) is 19.9 Å². The van der Waals surface area contributed by atoms with Crippen LogP contribution in [0.25, 0.3) is 0 Å². The molecule has 4 nitrogen and oxygen atoms in total. The van der Waals surface area contributed by atoms with Crippen molar-refractivity contribution >= 4 is 0 Å². The van der Waals surface area contributed by atoms with Gasteiger partial charge in [0.05, 0.1) is 18.9 Å². The standard InChI is InChI=1S/C9H14N4/c1-2-6-12(7-3-1)8-9-13-10-4-5-11-13/h1-2,4-5H,3,6-9H2. The maximum absolute atomic E-state index is 4.06. The largest absolute Gasteiger partial charge is 0.297 e. The van der Waals surface area contributed by atoms with Gasteiger partial charge in [0.1, 0.15) is 0 Å². The van der Waals surface area contributed by atoms with Gasteiger partial charge in [-0.25, -0.2) is 0 Å². The van der Waals surface area contributed by atoms with Gasteiger partial charge in [-0.3, -0.25) is 4.90 Å². The molecule has 1 aromatic heterocycles. The van der Waals surface area contributed by atoms with Crippen LogP contribution < -0.4 is 0 Å². The third-order valence-corrected chi connectivity index (χ3v) is 2.23. The van der Waals surface area contributed by atoms with Crippen LogP contribution in [0.3, 0.4) is 0 Å². The Morgan fingerprint density at radius 1 is 1.08 bits per heavy atom. The Labute approximate surface area is 77.8 Å². The molecule has 0 fully saturated rings. The number of rotatable bonds is 3. The molecule has 2 rings (SSSR count). The predicted octanol–water partition coefficient (Wildman–Crippen LogP) is 0.540. The van der Waals surface area contributed by atoms with Crippen molar-refractivity contribution in [2.75, 3.05) is 19.6 Å². The van der Waals surface area contributed by atoms with Crippen molar-refractivity contribution in [3.63, 3.8) is 0 Å². The number of hydrogen-bond acceptors (Lipinski definition) is 3. The van der Waals surface area contributed by atoms with Crippen molar-refractivity contribution in [2.45, 2.75) is 13.0 Å². The minimum atomic E-state index is 0.890. The zero-order chi connectivity index (χ0) is 8.93. The Morgan fingerprint density at radius 2 is 1.92 bits per heavy atom. The molecule has 2 heterocycles. The van der Waals surface area contributed by atoms with Crippen molar-refractivity contribution in [2.24, 2.45) is 0 Å². The molecular weight excluding hydrogens is 164 g/mol. The van der Waals surface area contributed by atoms with Crippen molar-refractivity contribution in [3.8, 4) is 0 Å². The SMILES string of the molecule is C1=CCN(CCn2nccn2)CC1. The van der Waals surface area contributed by atoms with Gasteiger partial charge in [-0.05, 0) is 6.42 Å². The van der Waals surface area contributed by atoms with E-state index < -0.39 is 0 Å². The molecule has 0 unspecified atom stereocenters. The van der Waals surface area contributed by atoms with Crippen LogP contribution in [-0.4, -0.2) is 39.5 Å². The molecule has 1 aromatic rings. The predicted molar refractivity (Wildman–Crippen MR) is 50.2 cm³/mol. The molecule has 0 N–H and O–H groups in total. The fourth-order valence-corrected chi connectivity index (χ4v) is 1.48. The summed E-state index contributed by atoms with van der Waals surface area (Å²) < 4.78 is 0. The zero-order valence-corrected chi connectivity index (χ0v) is 7.63. The summed E-state index contributed by atoms with van der Waals surface area (Å²) in [5.74, 6) is 0. The van der Waals surface area contributed by atoms with E-state index >= 15 is 0 Å². The lowest BCUT2D eigenvalue weighted by Gasteiger charge is -2.22. The van der Waals surface area contributed by atoms with E-state index in [0.29, 0.717) is 0 Å². The molecule has 4 heteroatoms. The molecule has 0 aliphatic carbocycles. The maximum atomic E-state index is 4.06. The van der Waals surface area contributed by atoms with E-state index in [1.54, 1.807) is 17.2 Å². The Hall–Kier alpha value is -1.16. The van der Waals surface area contributed by atoms with Gasteiger partial charge in [-0.15, -0.1) is 0 Å². The summed E-state index contributed by atoms with van der Waals surface area (Å²) in [7, 11) is 0. The van der Waals surface area contributed by atoms with E-state index in [1.165, 1.54) is 6.42 Å². The molecule has 1 aliphatic heterocycles. The van der Waals surface area contributed by atoms with Crippen molar-refractivity contribution in [3.05, 3.63) is 24.5 Å². The molecule has 0 aromatic carbocycles. The summed E-state index contributed by atoms with van der Waals surface area (Å²) in [5, 5.41) is 8.12. The third-order valence-electron chi connectivity index (χ3n) is 2.23. The van der Waals surface area contributed by atoms with Crippen LogP contribution in [0.2, 0.25) is 0 Å². The molecule has 13 heavy (non-hydrogen) atoms. The van der Waals surface area contributed by atoms with E-state index in [0.717, 1.165) is 26.2 Å². The van der Waals surface area contributed by atoms with Crippen LogP contribution in [-0.2, 0) is 6.54 Å². The highest BCUT2D eigenvalue weighted by atomic mass is 15.5. The Morgan fingerprint density at radius 3 is 2.62 bits per heavy atom. The summed E-state index contributed by atoms with van der Waals surface area (Å²) in [6.07, 6.45) is 9.07. The molecule has 70 valence electrons. The Kier molecular flexibility index (Phi) is 2.72. The molecule has 1 aliphatic rings. The van der Waals surface area contributed by atoms with Crippen LogP contribution in [0.15, 0.2) is 24.5 Å². The van der Waals surface area contributed by atoms with Crippen LogP contribution in [0.5, 0.6) is 0 Å². The van der Waals surface area contributed by atoms with E-state index in [-0.39, 0.29) is 0 Å². The quantitative estimate of drug-likeness (QED) is 0.633. The summed E-state index contributed by atoms with van der Waals surface area (Å²) in [6.45, 7) is 4.17. The van der Waals surface area contributed by atoms with E-state index in [4.69, 9.17) is 0 Å². The van der Waals surface area contributed by atoms with E-state index in [2.05, 4.69) is 27.2 Å². The fraction of sp³-hybridized carbons (Fsp3) is 0.556. The second-order valence-electron chi connectivity index (χ2n) is 3.19. The molecule has 0 saturated heterocycles. The first-order valence-electron chi connectivity index (χ1n) is 4.66. The first-order valence-corrected chi connectivity index (χ1v) is 4.66. The summed E-state index contributed by atoms with van der Waals surface area (Å²) in [4.78, 5) is 4.14. The Bertz CT molecular complexity index is 265. The van der Waals surface area contributed by atoms with Crippen LogP contribution in [0, 0.1) is 0 Å². The lowest BCUT2D eigenvalue weighted by atomic mass is 10.2. The molecule has 0 spiro atoms. The number of nitrogens with zero attached hydrogens (tertiary/aromatic N) is 4. The third kappa shape index (κ3) is 2.39. The lowest BCUT2D eigenvalue weighted by molar-refractivity contribution is 0.274. The topological polar surface area (TPSA) is 34.0 Å². The average Bonchev–Trinajstić information content (AvgIpc) is 2.69. The highest BCUT2D eigenvalue weighted by Gasteiger charge is 2.05. The van der Waals surface area contributed by atoms with Crippen LogP contribution in [0.4, 0.5) is 0 Å². The monoisotopic (exact) mass is 178 g/mol. The number of hydrogen-bond donors (Lipinski definition) is 0.